The highest BCUT2D eigenvalue weighted by Gasteiger charge is 2.05. The molecule has 0 fully saturated rings. The van der Waals surface area contributed by atoms with Gasteiger partial charge in [0.2, 0.25) is 11.8 Å². The van der Waals surface area contributed by atoms with Crippen molar-refractivity contribution >= 4 is 42.9 Å². The van der Waals surface area contributed by atoms with Crippen LogP contribution in [0, 0.1) is 0 Å². The number of amides is 2. The van der Waals surface area contributed by atoms with Crippen molar-refractivity contribution in [1.82, 2.24) is 10.6 Å². The summed E-state index contributed by atoms with van der Waals surface area (Å²) in [4.78, 5) is 27.0. The van der Waals surface area contributed by atoms with Gasteiger partial charge in [-0.15, -0.1) is 0 Å². The maximum absolute atomic E-state index is 12.1. The fraction of sp³-hybridized carbons (Fsp3) is 0.389. The number of unbranched alkanes of at least 4 members (excludes halogenated alkanes) is 2. The van der Waals surface area contributed by atoms with E-state index in [2.05, 4.69) is 35.0 Å². The van der Waals surface area contributed by atoms with Gasteiger partial charge >= 0.3 is 0 Å². The maximum Gasteiger partial charge on any atom is 0.246 e. The van der Waals surface area contributed by atoms with Gasteiger partial charge in [0.15, 0.2) is 0 Å². The number of benzene rings is 1. The van der Waals surface area contributed by atoms with Gasteiger partial charge in [-0.05, 0) is 45.0 Å². The molecule has 1 aromatic carbocycles. The summed E-state index contributed by atoms with van der Waals surface area (Å²) in [5.41, 5.74) is 2.26. The van der Waals surface area contributed by atoms with Crippen LogP contribution in [0.4, 0.5) is 5.69 Å². The van der Waals surface area contributed by atoms with Crippen molar-refractivity contribution in [2.45, 2.75) is 26.2 Å². The number of nitrogens with one attached hydrogen (secondary N) is 2. The second kappa shape index (κ2) is 11.5. The van der Waals surface area contributed by atoms with Gasteiger partial charge in [0, 0.05) is 24.2 Å². The smallest absolute Gasteiger partial charge is 0.246 e. The number of thiol groups is 1. The Labute approximate surface area is 149 Å². The Balaban J connectivity index is 2.31. The Morgan fingerprint density at radius 1 is 1.17 bits per heavy atom. The van der Waals surface area contributed by atoms with E-state index >= 15 is 0 Å². The zero-order valence-corrected chi connectivity index (χ0v) is 14.9. The molecular formula is C18H25N3O2S. The molecule has 0 aliphatic carbocycles. The summed E-state index contributed by atoms with van der Waals surface area (Å²) in [5.74, 6) is 0.0746. The van der Waals surface area contributed by atoms with Gasteiger partial charge in [-0.2, -0.15) is 12.6 Å². The largest absolute Gasteiger partial charge is 0.355 e. The first kappa shape index (κ1) is 20.0. The monoisotopic (exact) mass is 347 g/mol. The molecule has 0 spiro atoms. The van der Waals surface area contributed by atoms with Gasteiger partial charge in [-0.1, -0.05) is 18.2 Å². The Kier molecular flexibility index (Phi) is 9.53. The van der Waals surface area contributed by atoms with E-state index in [1.165, 1.54) is 0 Å². The topological polar surface area (TPSA) is 70.6 Å². The molecule has 1 rings (SSSR count). The van der Waals surface area contributed by atoms with E-state index in [-0.39, 0.29) is 17.6 Å². The number of para-hydroxylation sites is 1. The van der Waals surface area contributed by atoms with E-state index in [1.807, 2.05) is 30.3 Å². The summed E-state index contributed by atoms with van der Waals surface area (Å²) >= 11 is 3.89. The number of nitrogens with zero attached hydrogens (tertiary/aromatic N) is 1. The molecule has 0 heterocycles. The lowest BCUT2D eigenvalue weighted by Gasteiger charge is -2.07. The molecule has 130 valence electrons. The molecule has 5 nitrogen and oxygen atoms in total. The molecule has 6 heteroatoms. The third-order valence-corrected chi connectivity index (χ3v) is 3.73. The molecular weight excluding hydrogens is 322 g/mol. The molecule has 0 bridgehead atoms. The molecule has 0 aliphatic rings. The zero-order chi connectivity index (χ0) is 17.8. The number of rotatable bonds is 10. The highest BCUT2D eigenvalue weighted by molar-refractivity contribution is 7.81. The van der Waals surface area contributed by atoms with Crippen molar-refractivity contribution in [3.63, 3.8) is 0 Å². The summed E-state index contributed by atoms with van der Waals surface area (Å²) in [6.45, 7) is 6.58. The summed E-state index contributed by atoms with van der Waals surface area (Å²) < 4.78 is 0. The highest BCUT2D eigenvalue weighted by atomic mass is 32.1. The third-order valence-electron chi connectivity index (χ3n) is 3.44. The number of carbonyl (C=O) groups excluding carboxylic acids is 2. The normalized spacial score (nSPS) is 11.0. The number of aliphatic imine (C=N–C) groups is 1. The Bertz CT molecular complexity index is 600. The van der Waals surface area contributed by atoms with Crippen molar-refractivity contribution < 1.29 is 9.59 Å². The van der Waals surface area contributed by atoms with Crippen LogP contribution in [-0.2, 0) is 9.59 Å². The first-order valence-electron chi connectivity index (χ1n) is 7.98. The minimum atomic E-state index is -0.0859. The highest BCUT2D eigenvalue weighted by Crippen LogP contribution is 2.20. The van der Waals surface area contributed by atoms with E-state index in [0.29, 0.717) is 18.7 Å². The number of carbonyl (C=O) groups is 2. The predicted octanol–water partition coefficient (Wildman–Crippen LogP) is 2.75. The molecule has 0 unspecified atom stereocenters. The van der Waals surface area contributed by atoms with Gasteiger partial charge < -0.3 is 10.6 Å². The van der Waals surface area contributed by atoms with E-state index in [9.17, 15) is 9.59 Å². The van der Waals surface area contributed by atoms with Crippen LogP contribution in [0.3, 0.4) is 0 Å². The minimum Gasteiger partial charge on any atom is -0.355 e. The van der Waals surface area contributed by atoms with Crippen molar-refractivity contribution in [3.05, 3.63) is 35.4 Å². The van der Waals surface area contributed by atoms with Crippen LogP contribution in [0.15, 0.2) is 34.8 Å². The van der Waals surface area contributed by atoms with Crippen molar-refractivity contribution in [3.8, 4) is 0 Å². The molecule has 0 aliphatic heterocycles. The number of hydrogen-bond donors (Lipinski definition) is 3. The van der Waals surface area contributed by atoms with E-state index in [4.69, 9.17) is 0 Å². The van der Waals surface area contributed by atoms with Crippen molar-refractivity contribution in [1.29, 1.82) is 0 Å². The molecule has 2 N–H and O–H groups in total. The molecule has 0 saturated heterocycles. The molecule has 0 saturated carbocycles. The van der Waals surface area contributed by atoms with Gasteiger partial charge in [0.1, 0.15) is 0 Å². The van der Waals surface area contributed by atoms with E-state index in [1.54, 1.807) is 6.92 Å². The standard InChI is InChI=1S/C18H25N3O2S/c1-14(12-15-8-4-5-9-16(15)19-2)18(23)21-11-7-3-6-10-20-17(22)13-24/h4-5,8-9,12,24H,2-3,6-7,10-11,13H2,1H3,(H,20,22)(H,21,23)/b14-12+. The van der Waals surface area contributed by atoms with Gasteiger partial charge in [0.25, 0.3) is 0 Å². The van der Waals surface area contributed by atoms with E-state index < -0.39 is 0 Å². The van der Waals surface area contributed by atoms with Crippen LogP contribution in [-0.4, -0.2) is 37.4 Å². The molecule has 1 aromatic rings. The first-order valence-corrected chi connectivity index (χ1v) is 8.61. The predicted molar refractivity (Wildman–Crippen MR) is 103 cm³/mol. The van der Waals surface area contributed by atoms with Crippen LogP contribution in [0.5, 0.6) is 0 Å². The SMILES string of the molecule is C=Nc1ccccc1/C=C(\C)C(=O)NCCCCCNC(=O)CS. The Morgan fingerprint density at radius 3 is 2.50 bits per heavy atom. The zero-order valence-electron chi connectivity index (χ0n) is 14.0. The average Bonchev–Trinajstić information content (AvgIpc) is 2.60. The lowest BCUT2D eigenvalue weighted by Crippen LogP contribution is -2.26. The van der Waals surface area contributed by atoms with Crippen molar-refractivity contribution in [2.75, 3.05) is 18.8 Å². The fourth-order valence-electron chi connectivity index (χ4n) is 2.10. The van der Waals surface area contributed by atoms with Crippen LogP contribution in [0.1, 0.15) is 31.7 Å². The quantitative estimate of drug-likeness (QED) is 0.264. The molecule has 0 aromatic heterocycles. The summed E-state index contributed by atoms with van der Waals surface area (Å²) in [5, 5.41) is 5.66. The third kappa shape index (κ3) is 7.46. The molecule has 0 radical (unpaired) electrons. The molecule has 24 heavy (non-hydrogen) atoms. The van der Waals surface area contributed by atoms with Gasteiger partial charge in [-0.25, -0.2) is 0 Å². The van der Waals surface area contributed by atoms with Crippen LogP contribution >= 0.6 is 12.6 Å². The van der Waals surface area contributed by atoms with E-state index in [0.717, 1.165) is 30.5 Å². The summed E-state index contributed by atoms with van der Waals surface area (Å²) in [6.07, 6.45) is 4.52. The number of hydrogen-bond acceptors (Lipinski definition) is 4. The van der Waals surface area contributed by atoms with Gasteiger partial charge in [0.05, 0.1) is 11.4 Å². The van der Waals surface area contributed by atoms with Gasteiger partial charge in [-0.3, -0.25) is 14.6 Å². The molecule has 2 amide bonds. The van der Waals surface area contributed by atoms with Crippen molar-refractivity contribution in [2.24, 2.45) is 4.99 Å². The lowest BCUT2D eigenvalue weighted by molar-refractivity contribution is -0.118. The van der Waals surface area contributed by atoms with Crippen LogP contribution < -0.4 is 10.6 Å². The summed E-state index contributed by atoms with van der Waals surface area (Å²) in [6, 6.07) is 7.55. The fourth-order valence-corrected chi connectivity index (χ4v) is 2.22. The lowest BCUT2D eigenvalue weighted by atomic mass is 10.1. The summed E-state index contributed by atoms with van der Waals surface area (Å²) in [7, 11) is 0. The van der Waals surface area contributed by atoms with Crippen LogP contribution in [0.2, 0.25) is 0 Å². The van der Waals surface area contributed by atoms with Crippen LogP contribution in [0.25, 0.3) is 6.08 Å². The second-order valence-electron chi connectivity index (χ2n) is 5.37. The minimum absolute atomic E-state index is 0.0540. The Morgan fingerprint density at radius 2 is 1.83 bits per heavy atom. The maximum atomic E-state index is 12.1. The Hall–Kier alpha value is -2.08. The first-order chi connectivity index (χ1) is 11.6. The molecule has 0 atom stereocenters. The average molecular weight is 347 g/mol. The second-order valence-corrected chi connectivity index (χ2v) is 5.69.